The molecule has 1 heterocycles. The normalized spacial score (nSPS) is 26.1. The minimum atomic E-state index is -0.0322. The Morgan fingerprint density at radius 2 is 2.18 bits per heavy atom. The van der Waals surface area contributed by atoms with Crippen molar-refractivity contribution < 1.29 is 9.84 Å². The molecule has 0 aliphatic carbocycles. The van der Waals surface area contributed by atoms with Crippen LogP contribution in [0.15, 0.2) is 24.3 Å². The smallest absolute Gasteiger partial charge is 0.0933 e. The van der Waals surface area contributed by atoms with E-state index in [0.29, 0.717) is 12.6 Å². The maximum absolute atomic E-state index is 9.16. The van der Waals surface area contributed by atoms with Gasteiger partial charge in [-0.3, -0.25) is 4.90 Å². The number of benzene rings is 1. The van der Waals surface area contributed by atoms with Crippen LogP contribution in [0.5, 0.6) is 0 Å². The predicted octanol–water partition coefficient (Wildman–Crippen LogP) is 1.58. The van der Waals surface area contributed by atoms with E-state index in [4.69, 9.17) is 9.84 Å². The predicted molar refractivity (Wildman–Crippen MR) is 67.9 cm³/mol. The Balaban J connectivity index is 2.04. The molecule has 0 spiro atoms. The summed E-state index contributed by atoms with van der Waals surface area (Å²) in [6.07, 6.45) is -0.0322. The molecule has 3 heteroatoms. The maximum Gasteiger partial charge on any atom is 0.0933 e. The summed E-state index contributed by atoms with van der Waals surface area (Å²) in [5.41, 5.74) is 2.68. The number of aryl methyl sites for hydroxylation is 1. The van der Waals surface area contributed by atoms with Crippen molar-refractivity contribution in [2.45, 2.75) is 32.5 Å². The summed E-state index contributed by atoms with van der Waals surface area (Å²) in [5.74, 6) is 0. The molecule has 1 aliphatic rings. The summed E-state index contributed by atoms with van der Waals surface area (Å²) in [4.78, 5) is 2.38. The van der Waals surface area contributed by atoms with Crippen molar-refractivity contribution in [3.05, 3.63) is 35.4 Å². The van der Waals surface area contributed by atoms with Gasteiger partial charge in [-0.25, -0.2) is 0 Å². The van der Waals surface area contributed by atoms with Crippen molar-refractivity contribution in [1.82, 2.24) is 4.90 Å². The highest BCUT2D eigenvalue weighted by atomic mass is 16.5. The summed E-state index contributed by atoms with van der Waals surface area (Å²) in [6, 6.07) is 8.88. The third kappa shape index (κ3) is 3.06. The highest BCUT2D eigenvalue weighted by Crippen LogP contribution is 2.17. The van der Waals surface area contributed by atoms with Crippen LogP contribution in [0.4, 0.5) is 0 Å². The molecule has 2 unspecified atom stereocenters. The van der Waals surface area contributed by atoms with Crippen molar-refractivity contribution in [3.63, 3.8) is 0 Å². The van der Waals surface area contributed by atoms with E-state index in [9.17, 15) is 0 Å². The average Bonchev–Trinajstić information content (AvgIpc) is 2.35. The lowest BCUT2D eigenvalue weighted by Crippen LogP contribution is -2.48. The summed E-state index contributed by atoms with van der Waals surface area (Å²) >= 11 is 0. The zero-order valence-electron chi connectivity index (χ0n) is 10.6. The second-order valence-electron chi connectivity index (χ2n) is 4.84. The van der Waals surface area contributed by atoms with E-state index in [1.165, 1.54) is 11.1 Å². The van der Waals surface area contributed by atoms with Crippen LogP contribution < -0.4 is 0 Å². The molecule has 2 atom stereocenters. The molecule has 0 aromatic heterocycles. The highest BCUT2D eigenvalue weighted by Gasteiger charge is 2.25. The van der Waals surface area contributed by atoms with Crippen LogP contribution in [0.3, 0.4) is 0 Å². The van der Waals surface area contributed by atoms with E-state index in [1.54, 1.807) is 0 Å². The van der Waals surface area contributed by atoms with Gasteiger partial charge >= 0.3 is 0 Å². The second-order valence-corrected chi connectivity index (χ2v) is 4.84. The molecule has 1 fully saturated rings. The van der Waals surface area contributed by atoms with Crippen molar-refractivity contribution in [1.29, 1.82) is 0 Å². The van der Waals surface area contributed by atoms with Crippen LogP contribution in [-0.2, 0) is 11.3 Å². The zero-order chi connectivity index (χ0) is 12.3. The number of aliphatic hydroxyl groups is 1. The average molecular weight is 235 g/mol. The highest BCUT2D eigenvalue weighted by molar-refractivity contribution is 5.25. The largest absolute Gasteiger partial charge is 0.394 e. The Labute approximate surface area is 103 Å². The van der Waals surface area contributed by atoms with Crippen LogP contribution in [0.2, 0.25) is 0 Å². The first kappa shape index (κ1) is 12.6. The Bertz CT molecular complexity index is 367. The van der Waals surface area contributed by atoms with Gasteiger partial charge in [0.15, 0.2) is 0 Å². The number of aliphatic hydroxyl groups excluding tert-OH is 1. The third-order valence-electron chi connectivity index (χ3n) is 3.47. The molecule has 1 saturated heterocycles. The van der Waals surface area contributed by atoms with Gasteiger partial charge in [-0.05, 0) is 25.0 Å². The van der Waals surface area contributed by atoms with E-state index >= 15 is 0 Å². The number of nitrogens with zero attached hydrogens (tertiary/aromatic N) is 1. The molecule has 1 aliphatic heterocycles. The van der Waals surface area contributed by atoms with Gasteiger partial charge in [0.2, 0.25) is 0 Å². The monoisotopic (exact) mass is 235 g/mol. The van der Waals surface area contributed by atoms with Gasteiger partial charge in [0, 0.05) is 19.1 Å². The van der Waals surface area contributed by atoms with Crippen molar-refractivity contribution in [2.75, 3.05) is 19.8 Å². The van der Waals surface area contributed by atoms with Crippen LogP contribution >= 0.6 is 0 Å². The fraction of sp³-hybridized carbons (Fsp3) is 0.571. The van der Waals surface area contributed by atoms with E-state index in [0.717, 1.165) is 13.1 Å². The van der Waals surface area contributed by atoms with E-state index in [2.05, 4.69) is 43.0 Å². The quantitative estimate of drug-likeness (QED) is 0.863. The summed E-state index contributed by atoms with van der Waals surface area (Å²) in [6.45, 7) is 6.88. The topological polar surface area (TPSA) is 32.7 Å². The van der Waals surface area contributed by atoms with Crippen LogP contribution in [0.1, 0.15) is 18.1 Å². The Hall–Kier alpha value is -0.900. The maximum atomic E-state index is 9.16. The summed E-state index contributed by atoms with van der Waals surface area (Å²) in [5, 5.41) is 9.16. The molecule has 0 amide bonds. The first-order valence-corrected chi connectivity index (χ1v) is 6.21. The molecule has 1 aromatic carbocycles. The van der Waals surface area contributed by atoms with Crippen LogP contribution in [-0.4, -0.2) is 41.9 Å². The Morgan fingerprint density at radius 3 is 2.88 bits per heavy atom. The van der Waals surface area contributed by atoms with E-state index in [-0.39, 0.29) is 12.7 Å². The third-order valence-corrected chi connectivity index (χ3v) is 3.47. The molecular formula is C14H21NO2. The molecule has 1 N–H and O–H groups in total. The van der Waals surface area contributed by atoms with Crippen molar-refractivity contribution in [2.24, 2.45) is 0 Å². The molecule has 0 bridgehead atoms. The van der Waals surface area contributed by atoms with Crippen molar-refractivity contribution in [3.8, 4) is 0 Å². The second kappa shape index (κ2) is 5.63. The van der Waals surface area contributed by atoms with Gasteiger partial charge in [0.25, 0.3) is 0 Å². The van der Waals surface area contributed by atoms with Gasteiger partial charge in [-0.1, -0.05) is 24.3 Å². The molecule has 1 aromatic rings. The molecule has 3 nitrogen and oxygen atoms in total. The molecule has 2 rings (SSSR count). The minimum Gasteiger partial charge on any atom is -0.394 e. The summed E-state index contributed by atoms with van der Waals surface area (Å²) in [7, 11) is 0. The molecule has 0 radical (unpaired) electrons. The van der Waals surface area contributed by atoms with E-state index in [1.807, 2.05) is 0 Å². The summed E-state index contributed by atoms with van der Waals surface area (Å²) < 4.78 is 5.55. The SMILES string of the molecule is Cc1ccccc1CN1CC(CO)OCC1C. The number of hydrogen-bond acceptors (Lipinski definition) is 3. The van der Waals surface area contributed by atoms with Gasteiger partial charge < -0.3 is 9.84 Å². The molecule has 0 saturated carbocycles. The fourth-order valence-electron chi connectivity index (χ4n) is 2.21. The van der Waals surface area contributed by atoms with Crippen molar-refractivity contribution >= 4 is 0 Å². The lowest BCUT2D eigenvalue weighted by atomic mass is 10.1. The Morgan fingerprint density at radius 1 is 1.41 bits per heavy atom. The molecular weight excluding hydrogens is 214 g/mol. The van der Waals surface area contributed by atoms with Crippen LogP contribution in [0, 0.1) is 6.92 Å². The zero-order valence-corrected chi connectivity index (χ0v) is 10.6. The first-order chi connectivity index (χ1) is 8.20. The first-order valence-electron chi connectivity index (χ1n) is 6.21. The molecule has 17 heavy (non-hydrogen) atoms. The van der Waals surface area contributed by atoms with Gasteiger partial charge in [-0.2, -0.15) is 0 Å². The van der Waals surface area contributed by atoms with Crippen LogP contribution in [0.25, 0.3) is 0 Å². The van der Waals surface area contributed by atoms with Gasteiger partial charge in [0.1, 0.15) is 0 Å². The minimum absolute atomic E-state index is 0.0322. The lowest BCUT2D eigenvalue weighted by molar-refractivity contribution is -0.0805. The number of ether oxygens (including phenoxy) is 1. The number of rotatable bonds is 3. The van der Waals surface area contributed by atoms with E-state index < -0.39 is 0 Å². The van der Waals surface area contributed by atoms with Gasteiger partial charge in [0.05, 0.1) is 19.3 Å². The van der Waals surface area contributed by atoms with Gasteiger partial charge in [-0.15, -0.1) is 0 Å². The molecule has 94 valence electrons. The Kier molecular flexibility index (Phi) is 4.15. The standard InChI is InChI=1S/C14H21NO2/c1-11-5-3-4-6-13(11)7-15-8-14(9-16)17-10-12(15)2/h3-6,12,14,16H,7-10H2,1-2H3. The lowest BCUT2D eigenvalue weighted by Gasteiger charge is -2.37. The number of morpholine rings is 1. The fourth-order valence-corrected chi connectivity index (χ4v) is 2.21. The number of hydrogen-bond donors (Lipinski definition) is 1.